The van der Waals surface area contributed by atoms with Crippen LogP contribution < -0.4 is 5.32 Å². The Bertz CT molecular complexity index is 395. The molecule has 0 fully saturated rings. The Morgan fingerprint density at radius 1 is 1.19 bits per heavy atom. The van der Waals surface area contributed by atoms with Gasteiger partial charge in [0.15, 0.2) is 0 Å². The first-order valence-corrected chi connectivity index (χ1v) is 8.26. The summed E-state index contributed by atoms with van der Waals surface area (Å²) in [5.41, 5.74) is 0.794. The highest BCUT2D eigenvalue weighted by Gasteiger charge is 2.22. The van der Waals surface area contributed by atoms with Crippen LogP contribution in [-0.2, 0) is 0 Å². The molecule has 1 aromatic carbocycles. The summed E-state index contributed by atoms with van der Waals surface area (Å²) in [4.78, 5) is 2.36. The molecular formula is C18H31FN2. The molecule has 1 aromatic rings. The van der Waals surface area contributed by atoms with Crippen LogP contribution in [0.15, 0.2) is 24.3 Å². The van der Waals surface area contributed by atoms with Crippen molar-refractivity contribution in [2.24, 2.45) is 5.92 Å². The van der Waals surface area contributed by atoms with Gasteiger partial charge in [-0.2, -0.15) is 0 Å². The van der Waals surface area contributed by atoms with Gasteiger partial charge in [-0.25, -0.2) is 4.39 Å². The Balaban J connectivity index is 2.75. The minimum absolute atomic E-state index is 0.0789. The molecule has 0 aliphatic heterocycles. The summed E-state index contributed by atoms with van der Waals surface area (Å²) in [5.74, 6) is 0.268. The number of benzene rings is 1. The number of halogens is 1. The lowest BCUT2D eigenvalue weighted by atomic mass is 9.93. The molecule has 2 atom stereocenters. The van der Waals surface area contributed by atoms with Gasteiger partial charge in [0.25, 0.3) is 0 Å². The molecule has 0 aromatic heterocycles. The lowest BCUT2D eigenvalue weighted by Crippen LogP contribution is -2.35. The molecule has 0 saturated carbocycles. The van der Waals surface area contributed by atoms with E-state index >= 15 is 0 Å². The maximum absolute atomic E-state index is 14.1. The van der Waals surface area contributed by atoms with Crippen molar-refractivity contribution in [1.82, 2.24) is 10.2 Å². The predicted octanol–water partition coefficient (Wildman–Crippen LogP) is 4.23. The van der Waals surface area contributed by atoms with Crippen molar-refractivity contribution in [3.63, 3.8) is 0 Å². The van der Waals surface area contributed by atoms with Gasteiger partial charge in [-0.1, -0.05) is 45.4 Å². The third-order valence-corrected chi connectivity index (χ3v) is 3.92. The van der Waals surface area contributed by atoms with Crippen LogP contribution in [0.5, 0.6) is 0 Å². The number of unbranched alkanes of at least 4 members (excludes halogenated alkanes) is 1. The second-order valence-corrected chi connectivity index (χ2v) is 6.05. The fourth-order valence-corrected chi connectivity index (χ4v) is 2.76. The number of rotatable bonds is 10. The first kappa shape index (κ1) is 18.1. The molecular weight excluding hydrogens is 263 g/mol. The maximum atomic E-state index is 14.1. The second kappa shape index (κ2) is 9.91. The van der Waals surface area contributed by atoms with Crippen molar-refractivity contribution in [3.8, 4) is 0 Å². The summed E-state index contributed by atoms with van der Waals surface area (Å²) in [6, 6.07) is 7.23. The molecule has 120 valence electrons. The van der Waals surface area contributed by atoms with Crippen LogP contribution in [-0.4, -0.2) is 31.6 Å². The summed E-state index contributed by atoms with van der Waals surface area (Å²) in [6.07, 6.45) is 3.49. The fourth-order valence-electron chi connectivity index (χ4n) is 2.76. The highest BCUT2D eigenvalue weighted by molar-refractivity contribution is 5.22. The van der Waals surface area contributed by atoms with E-state index in [-0.39, 0.29) is 11.9 Å². The average Bonchev–Trinajstić information content (AvgIpc) is 2.47. The van der Waals surface area contributed by atoms with E-state index in [2.05, 4.69) is 38.0 Å². The first-order chi connectivity index (χ1) is 10.1. The van der Waals surface area contributed by atoms with Crippen LogP contribution >= 0.6 is 0 Å². The smallest absolute Gasteiger partial charge is 0.127 e. The molecule has 1 N–H and O–H groups in total. The zero-order valence-corrected chi connectivity index (χ0v) is 14.0. The summed E-state index contributed by atoms with van der Waals surface area (Å²) in [7, 11) is 2.16. The first-order valence-electron chi connectivity index (χ1n) is 8.26. The van der Waals surface area contributed by atoms with Gasteiger partial charge in [0, 0.05) is 18.2 Å². The number of hydrogen-bond donors (Lipinski definition) is 1. The number of nitrogens with zero attached hydrogens (tertiary/aromatic N) is 1. The second-order valence-electron chi connectivity index (χ2n) is 6.05. The van der Waals surface area contributed by atoms with Gasteiger partial charge in [-0.15, -0.1) is 0 Å². The molecule has 0 saturated heterocycles. The molecule has 0 heterocycles. The largest absolute Gasteiger partial charge is 0.310 e. The van der Waals surface area contributed by atoms with Gasteiger partial charge in [0.1, 0.15) is 5.82 Å². The monoisotopic (exact) mass is 294 g/mol. The Morgan fingerprint density at radius 2 is 1.90 bits per heavy atom. The van der Waals surface area contributed by atoms with E-state index in [9.17, 15) is 4.39 Å². The Hall–Kier alpha value is -0.930. The predicted molar refractivity (Wildman–Crippen MR) is 89.0 cm³/mol. The maximum Gasteiger partial charge on any atom is 0.127 e. The normalized spacial score (nSPS) is 14.4. The Labute approximate surface area is 129 Å². The van der Waals surface area contributed by atoms with Crippen LogP contribution in [0.2, 0.25) is 0 Å². The van der Waals surface area contributed by atoms with Gasteiger partial charge < -0.3 is 10.2 Å². The minimum Gasteiger partial charge on any atom is -0.310 e. The number of nitrogens with one attached hydrogen (secondary N) is 1. The molecule has 0 bridgehead atoms. The quantitative estimate of drug-likeness (QED) is 0.694. The minimum atomic E-state index is -0.103. The molecule has 0 aliphatic carbocycles. The average molecular weight is 294 g/mol. The fraction of sp³-hybridized carbons (Fsp3) is 0.667. The van der Waals surface area contributed by atoms with Crippen LogP contribution in [0.1, 0.15) is 51.6 Å². The van der Waals surface area contributed by atoms with Gasteiger partial charge in [0.05, 0.1) is 0 Å². The third-order valence-electron chi connectivity index (χ3n) is 3.92. The van der Waals surface area contributed by atoms with Gasteiger partial charge in [-0.3, -0.25) is 0 Å². The van der Waals surface area contributed by atoms with Crippen molar-refractivity contribution in [3.05, 3.63) is 35.6 Å². The standard InChI is InChI=1S/C18H31FN2/c1-5-7-13-21(4)14-15(3)18(20-12-6-2)16-10-8-9-11-17(16)19/h8-11,15,18,20H,5-7,12-14H2,1-4H3. The highest BCUT2D eigenvalue weighted by Crippen LogP contribution is 2.25. The van der Waals surface area contributed by atoms with Crippen molar-refractivity contribution in [2.45, 2.75) is 46.1 Å². The molecule has 21 heavy (non-hydrogen) atoms. The molecule has 3 heteroatoms. The van der Waals surface area contributed by atoms with Gasteiger partial charge in [0.2, 0.25) is 0 Å². The molecule has 0 radical (unpaired) electrons. The zero-order chi connectivity index (χ0) is 15.7. The third kappa shape index (κ3) is 6.15. The van der Waals surface area contributed by atoms with E-state index < -0.39 is 0 Å². The Morgan fingerprint density at radius 3 is 2.52 bits per heavy atom. The van der Waals surface area contributed by atoms with Crippen molar-refractivity contribution in [1.29, 1.82) is 0 Å². The molecule has 0 aliphatic rings. The van der Waals surface area contributed by atoms with E-state index in [0.717, 1.165) is 31.6 Å². The lowest BCUT2D eigenvalue weighted by Gasteiger charge is -2.29. The van der Waals surface area contributed by atoms with Crippen LogP contribution in [0, 0.1) is 11.7 Å². The topological polar surface area (TPSA) is 15.3 Å². The molecule has 2 nitrogen and oxygen atoms in total. The van der Waals surface area contributed by atoms with Crippen molar-refractivity contribution >= 4 is 0 Å². The summed E-state index contributed by atoms with van der Waals surface area (Å²) in [6.45, 7) is 9.57. The van der Waals surface area contributed by atoms with Crippen LogP contribution in [0.25, 0.3) is 0 Å². The van der Waals surface area contributed by atoms with Gasteiger partial charge in [-0.05, 0) is 45.0 Å². The molecule has 2 unspecified atom stereocenters. The van der Waals surface area contributed by atoms with E-state index in [1.54, 1.807) is 12.1 Å². The molecule has 1 rings (SSSR count). The van der Waals surface area contributed by atoms with E-state index in [1.807, 2.05) is 12.1 Å². The molecule has 0 amide bonds. The summed E-state index contributed by atoms with van der Waals surface area (Å²) >= 11 is 0. The Kier molecular flexibility index (Phi) is 8.55. The van der Waals surface area contributed by atoms with E-state index in [0.29, 0.717) is 5.92 Å². The lowest BCUT2D eigenvalue weighted by molar-refractivity contribution is 0.242. The van der Waals surface area contributed by atoms with Crippen molar-refractivity contribution in [2.75, 3.05) is 26.7 Å². The van der Waals surface area contributed by atoms with Crippen LogP contribution in [0.4, 0.5) is 4.39 Å². The van der Waals surface area contributed by atoms with Gasteiger partial charge >= 0.3 is 0 Å². The van der Waals surface area contributed by atoms with E-state index in [1.165, 1.54) is 12.8 Å². The SMILES string of the molecule is CCCCN(C)CC(C)C(NCCC)c1ccccc1F. The summed E-state index contributed by atoms with van der Waals surface area (Å²) in [5, 5.41) is 3.52. The van der Waals surface area contributed by atoms with Crippen LogP contribution in [0.3, 0.4) is 0 Å². The summed E-state index contributed by atoms with van der Waals surface area (Å²) < 4.78 is 14.1. The van der Waals surface area contributed by atoms with E-state index in [4.69, 9.17) is 0 Å². The highest BCUT2D eigenvalue weighted by atomic mass is 19.1. The zero-order valence-electron chi connectivity index (χ0n) is 14.0. The number of hydrogen-bond acceptors (Lipinski definition) is 2. The van der Waals surface area contributed by atoms with Crippen molar-refractivity contribution < 1.29 is 4.39 Å². The molecule has 0 spiro atoms.